The van der Waals surface area contributed by atoms with E-state index in [-0.39, 0.29) is 0 Å². The Morgan fingerprint density at radius 3 is 2.78 bits per heavy atom. The maximum absolute atomic E-state index is 4.40. The molecular weight excluding hydrogens is 224 g/mol. The molecule has 0 spiro atoms. The minimum atomic E-state index is 0.728. The molecule has 0 amide bonds. The molecule has 3 aromatic rings. The fraction of sp³-hybridized carbons (Fsp3) is 0.0714. The van der Waals surface area contributed by atoms with Crippen molar-refractivity contribution in [3.05, 3.63) is 54.5 Å². The number of hydrogen-bond acceptors (Lipinski definition) is 4. The lowest BCUT2D eigenvalue weighted by Crippen LogP contribution is -1.98. The van der Waals surface area contributed by atoms with Gasteiger partial charge >= 0.3 is 0 Å². The van der Waals surface area contributed by atoms with Gasteiger partial charge in [0.05, 0.1) is 0 Å². The van der Waals surface area contributed by atoms with Crippen molar-refractivity contribution >= 4 is 22.5 Å². The zero-order chi connectivity index (χ0) is 12.4. The molecule has 3 heterocycles. The van der Waals surface area contributed by atoms with Crippen LogP contribution in [-0.2, 0) is 0 Å². The second-order valence-electron chi connectivity index (χ2n) is 4.02. The summed E-state index contributed by atoms with van der Waals surface area (Å²) in [7, 11) is 0. The van der Waals surface area contributed by atoms with E-state index in [1.54, 1.807) is 12.4 Å². The maximum Gasteiger partial charge on any atom is 0.158 e. The van der Waals surface area contributed by atoms with Gasteiger partial charge < -0.3 is 5.32 Å². The maximum atomic E-state index is 4.40. The molecule has 0 atom stereocenters. The predicted molar refractivity (Wildman–Crippen MR) is 71.8 cm³/mol. The Hall–Kier alpha value is -2.49. The van der Waals surface area contributed by atoms with Gasteiger partial charge in [-0.3, -0.25) is 4.98 Å². The van der Waals surface area contributed by atoms with Gasteiger partial charge in [0.15, 0.2) is 5.82 Å². The van der Waals surface area contributed by atoms with E-state index in [9.17, 15) is 0 Å². The van der Waals surface area contributed by atoms with E-state index in [4.69, 9.17) is 0 Å². The summed E-state index contributed by atoms with van der Waals surface area (Å²) >= 11 is 0. The summed E-state index contributed by atoms with van der Waals surface area (Å²) in [4.78, 5) is 13.1. The normalized spacial score (nSPS) is 10.5. The number of nitrogens with one attached hydrogen (secondary N) is 1. The second-order valence-corrected chi connectivity index (χ2v) is 4.02. The van der Waals surface area contributed by atoms with Crippen molar-refractivity contribution in [3.8, 4) is 0 Å². The standard InChI is InChI=1S/C14H12N4/c1-10-4-2-6-12(17-10)18-14-13-11(7-9-16-14)5-3-8-15-13/h2-9H,1H3,(H,16,17,18). The number of fused-ring (bicyclic) bond motifs is 1. The summed E-state index contributed by atoms with van der Waals surface area (Å²) in [6, 6.07) is 11.7. The van der Waals surface area contributed by atoms with E-state index >= 15 is 0 Å². The van der Waals surface area contributed by atoms with Crippen LogP contribution >= 0.6 is 0 Å². The van der Waals surface area contributed by atoms with Crippen LogP contribution in [-0.4, -0.2) is 15.0 Å². The Labute approximate surface area is 105 Å². The first-order valence-electron chi connectivity index (χ1n) is 5.73. The first kappa shape index (κ1) is 10.7. The Bertz CT molecular complexity index is 689. The molecule has 0 aliphatic carbocycles. The minimum Gasteiger partial charge on any atom is -0.323 e. The van der Waals surface area contributed by atoms with Gasteiger partial charge in [0, 0.05) is 23.5 Å². The molecule has 0 saturated carbocycles. The van der Waals surface area contributed by atoms with Crippen LogP contribution in [0.5, 0.6) is 0 Å². The highest BCUT2D eigenvalue weighted by Crippen LogP contribution is 2.20. The second kappa shape index (κ2) is 4.41. The third-order valence-corrected chi connectivity index (χ3v) is 2.66. The molecule has 0 bridgehead atoms. The van der Waals surface area contributed by atoms with Crippen LogP contribution in [0.25, 0.3) is 10.9 Å². The summed E-state index contributed by atoms with van der Waals surface area (Å²) in [5.41, 5.74) is 1.82. The lowest BCUT2D eigenvalue weighted by molar-refractivity contribution is 1.18. The van der Waals surface area contributed by atoms with Crippen molar-refractivity contribution in [1.29, 1.82) is 0 Å². The van der Waals surface area contributed by atoms with Crippen molar-refractivity contribution in [2.24, 2.45) is 0 Å². The Morgan fingerprint density at radius 1 is 0.944 bits per heavy atom. The average molecular weight is 236 g/mol. The highest BCUT2D eigenvalue weighted by molar-refractivity contribution is 5.89. The van der Waals surface area contributed by atoms with Crippen LogP contribution < -0.4 is 5.32 Å². The molecule has 3 aromatic heterocycles. The molecule has 4 heteroatoms. The minimum absolute atomic E-state index is 0.728. The van der Waals surface area contributed by atoms with Gasteiger partial charge in [0.25, 0.3) is 0 Å². The number of nitrogens with zero attached hydrogens (tertiary/aromatic N) is 3. The van der Waals surface area contributed by atoms with Gasteiger partial charge in [-0.25, -0.2) is 9.97 Å². The predicted octanol–water partition coefficient (Wildman–Crippen LogP) is 3.08. The van der Waals surface area contributed by atoms with Crippen LogP contribution in [0, 0.1) is 6.92 Å². The van der Waals surface area contributed by atoms with E-state index in [0.29, 0.717) is 0 Å². The van der Waals surface area contributed by atoms with Crippen molar-refractivity contribution < 1.29 is 0 Å². The van der Waals surface area contributed by atoms with E-state index in [1.165, 1.54) is 0 Å². The Balaban J connectivity index is 2.05. The smallest absolute Gasteiger partial charge is 0.158 e. The molecule has 0 saturated heterocycles. The van der Waals surface area contributed by atoms with Gasteiger partial charge in [-0.15, -0.1) is 0 Å². The number of anilines is 2. The van der Waals surface area contributed by atoms with Crippen LogP contribution in [0.4, 0.5) is 11.6 Å². The first-order chi connectivity index (χ1) is 8.83. The van der Waals surface area contributed by atoms with E-state index in [1.807, 2.05) is 43.3 Å². The van der Waals surface area contributed by atoms with Crippen LogP contribution in [0.1, 0.15) is 5.69 Å². The van der Waals surface area contributed by atoms with Gasteiger partial charge in [0.2, 0.25) is 0 Å². The van der Waals surface area contributed by atoms with Crippen LogP contribution in [0.2, 0.25) is 0 Å². The largest absolute Gasteiger partial charge is 0.323 e. The molecule has 1 N–H and O–H groups in total. The third-order valence-electron chi connectivity index (χ3n) is 2.66. The average Bonchev–Trinajstić information content (AvgIpc) is 2.39. The van der Waals surface area contributed by atoms with E-state index in [0.717, 1.165) is 28.2 Å². The molecule has 0 unspecified atom stereocenters. The van der Waals surface area contributed by atoms with Gasteiger partial charge in [-0.2, -0.15) is 0 Å². The topological polar surface area (TPSA) is 50.7 Å². The molecule has 0 aliphatic rings. The highest BCUT2D eigenvalue weighted by atomic mass is 15.1. The molecule has 3 rings (SSSR count). The van der Waals surface area contributed by atoms with Gasteiger partial charge in [-0.05, 0) is 31.2 Å². The number of aryl methyl sites for hydroxylation is 1. The molecule has 0 radical (unpaired) electrons. The lowest BCUT2D eigenvalue weighted by Gasteiger charge is -2.07. The molecule has 88 valence electrons. The van der Waals surface area contributed by atoms with Gasteiger partial charge in [0.1, 0.15) is 11.3 Å². The Morgan fingerprint density at radius 2 is 1.89 bits per heavy atom. The molecular formula is C14H12N4. The van der Waals surface area contributed by atoms with Crippen molar-refractivity contribution in [2.45, 2.75) is 6.92 Å². The fourth-order valence-electron chi connectivity index (χ4n) is 1.83. The summed E-state index contributed by atoms with van der Waals surface area (Å²) < 4.78 is 0. The lowest BCUT2D eigenvalue weighted by atomic mass is 10.2. The quantitative estimate of drug-likeness (QED) is 0.742. The molecule has 0 aromatic carbocycles. The summed E-state index contributed by atoms with van der Waals surface area (Å²) in [5.74, 6) is 1.51. The van der Waals surface area contributed by atoms with E-state index in [2.05, 4.69) is 20.3 Å². The molecule has 0 fully saturated rings. The number of aromatic nitrogens is 3. The van der Waals surface area contributed by atoms with Crippen LogP contribution in [0.15, 0.2) is 48.8 Å². The third kappa shape index (κ3) is 2.00. The molecule has 4 nitrogen and oxygen atoms in total. The number of rotatable bonds is 2. The number of pyridine rings is 3. The van der Waals surface area contributed by atoms with Crippen LogP contribution in [0.3, 0.4) is 0 Å². The number of hydrogen-bond donors (Lipinski definition) is 1. The summed E-state index contributed by atoms with van der Waals surface area (Å²) in [6.07, 6.45) is 3.53. The highest BCUT2D eigenvalue weighted by Gasteiger charge is 2.04. The zero-order valence-electron chi connectivity index (χ0n) is 9.96. The first-order valence-corrected chi connectivity index (χ1v) is 5.73. The van der Waals surface area contributed by atoms with Crippen molar-refractivity contribution in [2.75, 3.05) is 5.32 Å². The summed E-state index contributed by atoms with van der Waals surface area (Å²) in [5, 5.41) is 4.26. The molecule has 0 aliphatic heterocycles. The molecule has 18 heavy (non-hydrogen) atoms. The SMILES string of the molecule is Cc1cccc(Nc2nccc3cccnc23)n1. The summed E-state index contributed by atoms with van der Waals surface area (Å²) in [6.45, 7) is 1.96. The zero-order valence-corrected chi connectivity index (χ0v) is 9.96. The van der Waals surface area contributed by atoms with E-state index < -0.39 is 0 Å². The van der Waals surface area contributed by atoms with Crippen molar-refractivity contribution in [3.63, 3.8) is 0 Å². The van der Waals surface area contributed by atoms with Crippen molar-refractivity contribution in [1.82, 2.24) is 15.0 Å². The Kier molecular flexibility index (Phi) is 2.61. The van der Waals surface area contributed by atoms with Gasteiger partial charge in [-0.1, -0.05) is 12.1 Å². The fourth-order valence-corrected chi connectivity index (χ4v) is 1.83. The monoisotopic (exact) mass is 236 g/mol.